The van der Waals surface area contributed by atoms with Crippen molar-refractivity contribution < 1.29 is 14.5 Å². The molecule has 2 rings (SSSR count). The number of amides is 2. The number of nitrogens with two attached hydrogens (primary N) is 1. The Morgan fingerprint density at radius 3 is 2.54 bits per heavy atom. The molecule has 0 saturated heterocycles. The molecule has 7 nitrogen and oxygen atoms in total. The van der Waals surface area contributed by atoms with E-state index in [1.807, 2.05) is 0 Å². The zero-order valence-electron chi connectivity index (χ0n) is 12.4. The first-order valence-corrected chi connectivity index (χ1v) is 7.34. The molecular formula is C16H14ClN3O4. The molecule has 2 aromatic rings. The predicted molar refractivity (Wildman–Crippen MR) is 88.7 cm³/mol. The lowest BCUT2D eigenvalue weighted by Gasteiger charge is -2.16. The molecule has 0 heterocycles. The summed E-state index contributed by atoms with van der Waals surface area (Å²) in [5, 5.41) is 13.7. The molecule has 3 N–H and O–H groups in total. The number of halogens is 1. The lowest BCUT2D eigenvalue weighted by atomic mass is 10.0. The number of nitrogens with one attached hydrogen (secondary N) is 1. The SMILES string of the molecule is NC(=O)[C@@H](Cc1ccccc1Cl)NC(=O)c1cccc([N+](=O)[O-])c1. The van der Waals surface area contributed by atoms with Gasteiger partial charge >= 0.3 is 0 Å². The fraction of sp³-hybridized carbons (Fsp3) is 0.125. The Hall–Kier alpha value is -2.93. The summed E-state index contributed by atoms with van der Waals surface area (Å²) in [5.74, 6) is -1.36. The number of nitro benzene ring substituents is 1. The van der Waals surface area contributed by atoms with Gasteiger partial charge < -0.3 is 11.1 Å². The van der Waals surface area contributed by atoms with Crippen molar-refractivity contribution in [1.82, 2.24) is 5.32 Å². The van der Waals surface area contributed by atoms with Gasteiger partial charge in [-0.05, 0) is 17.7 Å². The second kappa shape index (κ2) is 7.56. The van der Waals surface area contributed by atoms with Crippen LogP contribution in [-0.2, 0) is 11.2 Å². The molecule has 2 aromatic carbocycles. The van der Waals surface area contributed by atoms with Gasteiger partial charge in [0.05, 0.1) is 4.92 Å². The molecule has 0 aliphatic carbocycles. The van der Waals surface area contributed by atoms with Crippen molar-refractivity contribution in [2.45, 2.75) is 12.5 Å². The molecule has 0 saturated carbocycles. The number of non-ortho nitro benzene ring substituents is 1. The van der Waals surface area contributed by atoms with Crippen molar-refractivity contribution in [3.05, 3.63) is 74.8 Å². The van der Waals surface area contributed by atoms with E-state index in [4.69, 9.17) is 17.3 Å². The van der Waals surface area contributed by atoms with Crippen molar-refractivity contribution in [2.75, 3.05) is 0 Å². The highest BCUT2D eigenvalue weighted by Gasteiger charge is 2.21. The summed E-state index contributed by atoms with van der Waals surface area (Å²) in [6.07, 6.45) is 0.121. The van der Waals surface area contributed by atoms with Gasteiger partial charge in [0.1, 0.15) is 6.04 Å². The summed E-state index contributed by atoms with van der Waals surface area (Å²) in [5.41, 5.74) is 5.84. The van der Waals surface area contributed by atoms with E-state index < -0.39 is 22.8 Å². The zero-order chi connectivity index (χ0) is 17.7. The van der Waals surface area contributed by atoms with E-state index in [-0.39, 0.29) is 17.7 Å². The van der Waals surface area contributed by atoms with Crippen molar-refractivity contribution in [2.24, 2.45) is 5.73 Å². The van der Waals surface area contributed by atoms with Crippen LogP contribution in [0.3, 0.4) is 0 Å². The van der Waals surface area contributed by atoms with Crippen LogP contribution < -0.4 is 11.1 Å². The minimum atomic E-state index is -0.989. The standard InChI is InChI=1S/C16H14ClN3O4/c17-13-7-2-1-4-10(13)9-14(15(18)21)19-16(22)11-5-3-6-12(8-11)20(23)24/h1-8,14H,9H2,(H2,18,21)(H,19,22)/t14-/m1/s1. The maximum Gasteiger partial charge on any atom is 0.270 e. The second-order valence-corrected chi connectivity index (χ2v) is 5.44. The number of nitrogens with zero attached hydrogens (tertiary/aromatic N) is 1. The molecule has 0 spiro atoms. The maximum atomic E-state index is 12.2. The van der Waals surface area contributed by atoms with E-state index in [9.17, 15) is 19.7 Å². The predicted octanol–water partition coefficient (Wildman–Crippen LogP) is 2.07. The average Bonchev–Trinajstić information content (AvgIpc) is 2.56. The molecule has 0 aromatic heterocycles. The normalized spacial score (nSPS) is 11.5. The van der Waals surface area contributed by atoms with Crippen LogP contribution >= 0.6 is 11.6 Å². The molecule has 0 aliphatic rings. The van der Waals surface area contributed by atoms with E-state index in [0.717, 1.165) is 6.07 Å². The lowest BCUT2D eigenvalue weighted by Crippen LogP contribution is -2.45. The quantitative estimate of drug-likeness (QED) is 0.614. The monoisotopic (exact) mass is 347 g/mol. The summed E-state index contributed by atoms with van der Waals surface area (Å²) in [6, 6.07) is 11.1. The fourth-order valence-corrected chi connectivity index (χ4v) is 2.32. The molecule has 2 amide bonds. The highest BCUT2D eigenvalue weighted by atomic mass is 35.5. The molecule has 24 heavy (non-hydrogen) atoms. The Morgan fingerprint density at radius 1 is 1.21 bits per heavy atom. The van der Waals surface area contributed by atoms with Gasteiger partial charge in [-0.1, -0.05) is 35.9 Å². The van der Waals surface area contributed by atoms with E-state index >= 15 is 0 Å². The molecule has 0 radical (unpaired) electrons. The third-order valence-electron chi connectivity index (χ3n) is 3.35. The van der Waals surface area contributed by atoms with Crippen LogP contribution in [0.5, 0.6) is 0 Å². The molecule has 0 fully saturated rings. The van der Waals surface area contributed by atoms with Gasteiger partial charge in [0.2, 0.25) is 5.91 Å². The van der Waals surface area contributed by atoms with Gasteiger partial charge in [-0.25, -0.2) is 0 Å². The highest BCUT2D eigenvalue weighted by molar-refractivity contribution is 6.31. The number of primary amides is 1. The molecular weight excluding hydrogens is 334 g/mol. The van der Waals surface area contributed by atoms with Gasteiger partial charge in [-0.3, -0.25) is 19.7 Å². The number of nitro groups is 1. The first-order chi connectivity index (χ1) is 11.4. The van der Waals surface area contributed by atoms with Crippen molar-refractivity contribution in [1.29, 1.82) is 0 Å². The lowest BCUT2D eigenvalue weighted by molar-refractivity contribution is -0.384. The van der Waals surface area contributed by atoms with Gasteiger partial charge in [-0.2, -0.15) is 0 Å². The smallest absolute Gasteiger partial charge is 0.270 e. The summed E-state index contributed by atoms with van der Waals surface area (Å²) in [7, 11) is 0. The van der Waals surface area contributed by atoms with E-state index in [1.165, 1.54) is 18.2 Å². The number of rotatable bonds is 6. The van der Waals surface area contributed by atoms with Crippen LogP contribution in [0.15, 0.2) is 48.5 Å². The van der Waals surface area contributed by atoms with Crippen LogP contribution in [-0.4, -0.2) is 22.8 Å². The summed E-state index contributed by atoms with van der Waals surface area (Å²) < 4.78 is 0. The van der Waals surface area contributed by atoms with Crippen LogP contribution in [0.1, 0.15) is 15.9 Å². The largest absolute Gasteiger partial charge is 0.368 e. The topological polar surface area (TPSA) is 115 Å². The van der Waals surface area contributed by atoms with Gasteiger partial charge in [-0.15, -0.1) is 0 Å². The van der Waals surface area contributed by atoms with Crippen molar-refractivity contribution in [3.63, 3.8) is 0 Å². The Bertz CT molecular complexity index is 794. The Balaban J connectivity index is 2.17. The van der Waals surface area contributed by atoms with Gasteiger partial charge in [0.25, 0.3) is 11.6 Å². The Kier molecular flexibility index (Phi) is 5.49. The maximum absolute atomic E-state index is 12.2. The molecule has 1 atom stereocenters. The molecule has 0 bridgehead atoms. The first-order valence-electron chi connectivity index (χ1n) is 6.96. The Morgan fingerprint density at radius 2 is 1.92 bits per heavy atom. The second-order valence-electron chi connectivity index (χ2n) is 5.03. The number of hydrogen-bond acceptors (Lipinski definition) is 4. The third-order valence-corrected chi connectivity index (χ3v) is 3.72. The number of benzene rings is 2. The minimum absolute atomic E-state index is 0.0645. The summed E-state index contributed by atoms with van der Waals surface area (Å²) in [4.78, 5) is 34.0. The van der Waals surface area contributed by atoms with E-state index in [2.05, 4.69) is 5.32 Å². The number of carbonyl (C=O) groups is 2. The summed E-state index contributed by atoms with van der Waals surface area (Å²) in [6.45, 7) is 0. The van der Waals surface area contributed by atoms with Crippen LogP contribution in [0.4, 0.5) is 5.69 Å². The first kappa shape index (κ1) is 17.4. The third kappa shape index (κ3) is 4.30. The number of carbonyl (C=O) groups excluding carboxylic acids is 2. The molecule has 0 unspecified atom stereocenters. The van der Waals surface area contributed by atoms with Crippen molar-refractivity contribution >= 4 is 29.1 Å². The molecule has 124 valence electrons. The van der Waals surface area contributed by atoms with Gasteiger partial charge in [0.15, 0.2) is 0 Å². The summed E-state index contributed by atoms with van der Waals surface area (Å²) >= 11 is 6.04. The minimum Gasteiger partial charge on any atom is -0.368 e. The molecule has 0 aliphatic heterocycles. The average molecular weight is 348 g/mol. The van der Waals surface area contributed by atoms with Crippen LogP contribution in [0.25, 0.3) is 0 Å². The van der Waals surface area contributed by atoms with E-state index in [0.29, 0.717) is 10.6 Å². The Labute approximate surface area is 142 Å². The van der Waals surface area contributed by atoms with Crippen molar-refractivity contribution in [3.8, 4) is 0 Å². The fourth-order valence-electron chi connectivity index (χ4n) is 2.11. The zero-order valence-corrected chi connectivity index (χ0v) is 13.2. The highest BCUT2D eigenvalue weighted by Crippen LogP contribution is 2.17. The number of hydrogen-bond donors (Lipinski definition) is 2. The molecule has 8 heteroatoms. The van der Waals surface area contributed by atoms with Gasteiger partial charge in [0, 0.05) is 29.1 Å². The van der Waals surface area contributed by atoms with Crippen LogP contribution in [0.2, 0.25) is 5.02 Å². The van der Waals surface area contributed by atoms with E-state index in [1.54, 1.807) is 24.3 Å². The van der Waals surface area contributed by atoms with Crippen LogP contribution in [0, 0.1) is 10.1 Å².